The summed E-state index contributed by atoms with van der Waals surface area (Å²) in [4.78, 5) is 22.3. The fourth-order valence-corrected chi connectivity index (χ4v) is 1.26. The van der Waals surface area contributed by atoms with E-state index in [1.54, 1.807) is 24.3 Å². The first-order chi connectivity index (χ1) is 7.74. The van der Waals surface area contributed by atoms with Gasteiger partial charge in [0, 0.05) is 18.5 Å². The summed E-state index contributed by atoms with van der Waals surface area (Å²) in [6, 6.07) is 8.90. The molecule has 0 spiro atoms. The second-order valence-electron chi connectivity index (χ2n) is 3.42. The van der Waals surface area contributed by atoms with Gasteiger partial charge in [0.1, 0.15) is 6.61 Å². The molecule has 0 heterocycles. The maximum absolute atomic E-state index is 11.5. The molecule has 1 amide bonds. The molecule has 2 N–H and O–H groups in total. The van der Waals surface area contributed by atoms with Gasteiger partial charge in [0.25, 0.3) is 5.91 Å². The van der Waals surface area contributed by atoms with Crippen molar-refractivity contribution in [3.8, 4) is 0 Å². The number of amides is 1. The van der Waals surface area contributed by atoms with E-state index in [0.717, 1.165) is 0 Å². The number of aliphatic hydroxyl groups excluding tert-OH is 1. The predicted octanol–water partition coefficient (Wildman–Crippen LogP) is 0.758. The van der Waals surface area contributed by atoms with Crippen molar-refractivity contribution in [1.82, 2.24) is 5.32 Å². The van der Waals surface area contributed by atoms with Gasteiger partial charge in [0.15, 0.2) is 5.78 Å². The van der Waals surface area contributed by atoms with Gasteiger partial charge in [-0.2, -0.15) is 0 Å². The highest BCUT2D eigenvalue weighted by molar-refractivity contribution is 5.94. The van der Waals surface area contributed by atoms with Crippen LogP contribution < -0.4 is 5.32 Å². The molecule has 86 valence electrons. The van der Waals surface area contributed by atoms with E-state index in [4.69, 9.17) is 5.11 Å². The molecule has 16 heavy (non-hydrogen) atoms. The highest BCUT2D eigenvalue weighted by Crippen LogP contribution is 1.98. The van der Waals surface area contributed by atoms with Crippen molar-refractivity contribution >= 4 is 11.7 Å². The molecule has 1 aromatic carbocycles. The van der Waals surface area contributed by atoms with Gasteiger partial charge in [-0.05, 0) is 18.6 Å². The Labute approximate surface area is 94.3 Å². The molecule has 0 atom stereocenters. The van der Waals surface area contributed by atoms with Crippen LogP contribution in [-0.4, -0.2) is 29.9 Å². The molecule has 0 aliphatic rings. The number of nitrogens with one attached hydrogen (secondary N) is 1. The number of aliphatic hydroxyl groups is 1. The molecule has 1 aromatic rings. The topological polar surface area (TPSA) is 66.4 Å². The van der Waals surface area contributed by atoms with Gasteiger partial charge in [-0.15, -0.1) is 0 Å². The van der Waals surface area contributed by atoms with E-state index in [1.807, 2.05) is 6.07 Å². The monoisotopic (exact) mass is 221 g/mol. The van der Waals surface area contributed by atoms with E-state index < -0.39 is 6.61 Å². The summed E-state index contributed by atoms with van der Waals surface area (Å²) in [6.07, 6.45) is 0.851. The fourth-order valence-electron chi connectivity index (χ4n) is 1.26. The van der Waals surface area contributed by atoms with Crippen LogP contribution in [0, 0.1) is 0 Å². The van der Waals surface area contributed by atoms with Crippen molar-refractivity contribution in [2.75, 3.05) is 13.2 Å². The Balaban J connectivity index is 2.24. The number of benzene rings is 1. The zero-order chi connectivity index (χ0) is 11.8. The van der Waals surface area contributed by atoms with Crippen molar-refractivity contribution in [3.63, 3.8) is 0 Å². The molecule has 1 rings (SSSR count). The fraction of sp³-hybridized carbons (Fsp3) is 0.333. The van der Waals surface area contributed by atoms with E-state index in [0.29, 0.717) is 24.9 Å². The smallest absolute Gasteiger partial charge is 0.251 e. The van der Waals surface area contributed by atoms with Crippen LogP contribution in [0.5, 0.6) is 0 Å². The zero-order valence-electron chi connectivity index (χ0n) is 8.98. The summed E-state index contributed by atoms with van der Waals surface area (Å²) in [5, 5.41) is 11.2. The Morgan fingerprint density at radius 3 is 2.50 bits per heavy atom. The summed E-state index contributed by atoms with van der Waals surface area (Å²) >= 11 is 0. The van der Waals surface area contributed by atoms with E-state index in [2.05, 4.69) is 5.32 Å². The molecule has 0 fully saturated rings. The van der Waals surface area contributed by atoms with Gasteiger partial charge in [-0.25, -0.2) is 0 Å². The van der Waals surface area contributed by atoms with Gasteiger partial charge in [-0.1, -0.05) is 18.2 Å². The molecular formula is C12H15NO3. The molecule has 0 bridgehead atoms. The van der Waals surface area contributed by atoms with Crippen molar-refractivity contribution in [2.45, 2.75) is 12.8 Å². The summed E-state index contributed by atoms with van der Waals surface area (Å²) in [5.74, 6) is -0.342. The predicted molar refractivity (Wildman–Crippen MR) is 60.1 cm³/mol. The molecule has 4 heteroatoms. The van der Waals surface area contributed by atoms with Crippen LogP contribution in [0.3, 0.4) is 0 Å². The lowest BCUT2D eigenvalue weighted by molar-refractivity contribution is -0.121. The number of carbonyl (C=O) groups excluding carboxylic acids is 2. The van der Waals surface area contributed by atoms with E-state index >= 15 is 0 Å². The maximum atomic E-state index is 11.5. The summed E-state index contributed by atoms with van der Waals surface area (Å²) in [7, 11) is 0. The number of hydrogen-bond acceptors (Lipinski definition) is 3. The Morgan fingerprint density at radius 2 is 1.88 bits per heavy atom. The van der Waals surface area contributed by atoms with Gasteiger partial charge in [-0.3, -0.25) is 9.59 Å². The van der Waals surface area contributed by atoms with Crippen LogP contribution in [0.25, 0.3) is 0 Å². The maximum Gasteiger partial charge on any atom is 0.251 e. The molecule has 0 aliphatic carbocycles. The van der Waals surface area contributed by atoms with Gasteiger partial charge in [0.2, 0.25) is 0 Å². The molecule has 0 saturated heterocycles. The minimum atomic E-state index is -0.424. The van der Waals surface area contributed by atoms with E-state index in [-0.39, 0.29) is 11.7 Å². The Morgan fingerprint density at radius 1 is 1.19 bits per heavy atom. The Bertz CT molecular complexity index is 349. The molecule has 0 saturated carbocycles. The molecule has 0 aromatic heterocycles. The number of ketones is 1. The Kier molecular flexibility index (Phi) is 5.22. The second-order valence-corrected chi connectivity index (χ2v) is 3.42. The zero-order valence-corrected chi connectivity index (χ0v) is 8.98. The van der Waals surface area contributed by atoms with Crippen LogP contribution in [0.2, 0.25) is 0 Å². The van der Waals surface area contributed by atoms with Crippen LogP contribution >= 0.6 is 0 Å². The molecular weight excluding hydrogens is 206 g/mol. The third-order valence-electron chi connectivity index (χ3n) is 2.13. The molecule has 4 nitrogen and oxygen atoms in total. The number of carbonyl (C=O) groups is 2. The van der Waals surface area contributed by atoms with Gasteiger partial charge < -0.3 is 10.4 Å². The average Bonchev–Trinajstić information content (AvgIpc) is 2.35. The van der Waals surface area contributed by atoms with Crippen molar-refractivity contribution in [2.24, 2.45) is 0 Å². The number of rotatable bonds is 6. The van der Waals surface area contributed by atoms with Gasteiger partial charge in [0.05, 0.1) is 0 Å². The summed E-state index contributed by atoms with van der Waals surface area (Å²) < 4.78 is 0. The first kappa shape index (κ1) is 12.4. The quantitative estimate of drug-likeness (QED) is 0.697. The second kappa shape index (κ2) is 6.74. The van der Waals surface area contributed by atoms with E-state index in [9.17, 15) is 9.59 Å². The molecule has 0 unspecified atom stereocenters. The van der Waals surface area contributed by atoms with Gasteiger partial charge >= 0.3 is 0 Å². The van der Waals surface area contributed by atoms with Crippen LogP contribution in [0.15, 0.2) is 30.3 Å². The summed E-state index contributed by atoms with van der Waals surface area (Å²) in [6.45, 7) is 0.0199. The SMILES string of the molecule is O=C(CO)CCCNC(=O)c1ccccc1. The lowest BCUT2D eigenvalue weighted by atomic mass is 10.2. The van der Waals surface area contributed by atoms with Crippen LogP contribution in [0.4, 0.5) is 0 Å². The average molecular weight is 221 g/mol. The largest absolute Gasteiger partial charge is 0.389 e. The summed E-state index contributed by atoms with van der Waals surface area (Å²) in [5.41, 5.74) is 0.607. The van der Waals surface area contributed by atoms with Crippen LogP contribution in [0.1, 0.15) is 23.2 Å². The Hall–Kier alpha value is -1.68. The number of Topliss-reactive ketones (excluding diaryl/α,β-unsaturated/α-hetero) is 1. The lowest BCUT2D eigenvalue weighted by Crippen LogP contribution is -2.24. The highest BCUT2D eigenvalue weighted by atomic mass is 16.3. The molecule has 0 radical (unpaired) electrons. The van der Waals surface area contributed by atoms with Crippen molar-refractivity contribution < 1.29 is 14.7 Å². The first-order valence-electron chi connectivity index (χ1n) is 5.20. The van der Waals surface area contributed by atoms with Crippen LogP contribution in [-0.2, 0) is 4.79 Å². The standard InChI is InChI=1S/C12H15NO3/c14-9-11(15)7-4-8-13-12(16)10-5-2-1-3-6-10/h1-3,5-6,14H,4,7-9H2,(H,13,16). The third kappa shape index (κ3) is 4.23. The third-order valence-corrected chi connectivity index (χ3v) is 2.13. The number of hydrogen-bond donors (Lipinski definition) is 2. The van der Waals surface area contributed by atoms with E-state index in [1.165, 1.54) is 0 Å². The first-order valence-corrected chi connectivity index (χ1v) is 5.20. The minimum absolute atomic E-state index is 0.142. The van der Waals surface area contributed by atoms with Crippen molar-refractivity contribution in [3.05, 3.63) is 35.9 Å². The normalized spacial score (nSPS) is 9.81. The highest BCUT2D eigenvalue weighted by Gasteiger charge is 2.04. The van der Waals surface area contributed by atoms with Crippen molar-refractivity contribution in [1.29, 1.82) is 0 Å². The minimum Gasteiger partial charge on any atom is -0.389 e. The lowest BCUT2D eigenvalue weighted by Gasteiger charge is -2.04. The molecule has 0 aliphatic heterocycles.